The molecule has 26 heavy (non-hydrogen) atoms. The summed E-state index contributed by atoms with van der Waals surface area (Å²) in [7, 11) is 0. The summed E-state index contributed by atoms with van der Waals surface area (Å²) in [5.41, 5.74) is 5.07. The van der Waals surface area contributed by atoms with Crippen LogP contribution in [0.25, 0.3) is 27.3 Å². The molecule has 3 aromatic rings. The number of nitriles is 1. The van der Waals surface area contributed by atoms with E-state index in [0.717, 1.165) is 55.6 Å². The molecule has 0 radical (unpaired) electrons. The lowest BCUT2D eigenvalue weighted by atomic mass is 9.87. The standard InChI is InChI=1S/C21H16N2O2S/c22-10-13-5-7-18(17-4-2-1-3-16(13)17)19-12-23-11-14-9-15(26-21(14)19)6-8-20(24)25/h2,4-5,7,9,11-12H,1,3,6,8H2,(H,24,25). The zero-order chi connectivity index (χ0) is 18.1. The van der Waals surface area contributed by atoms with Crippen LogP contribution in [0.3, 0.4) is 0 Å². The van der Waals surface area contributed by atoms with Gasteiger partial charge in [-0.3, -0.25) is 9.78 Å². The minimum absolute atomic E-state index is 0.130. The van der Waals surface area contributed by atoms with Crippen molar-refractivity contribution in [2.45, 2.75) is 25.7 Å². The number of hydrogen-bond donors (Lipinski definition) is 1. The number of allylic oxidation sites excluding steroid dienone is 1. The summed E-state index contributed by atoms with van der Waals surface area (Å²) in [6, 6.07) is 8.23. The van der Waals surface area contributed by atoms with Gasteiger partial charge in [-0.2, -0.15) is 5.26 Å². The van der Waals surface area contributed by atoms with Gasteiger partial charge in [0.15, 0.2) is 0 Å². The van der Waals surface area contributed by atoms with Gasteiger partial charge in [0.2, 0.25) is 0 Å². The molecule has 1 N–H and O–H groups in total. The van der Waals surface area contributed by atoms with Gasteiger partial charge in [-0.25, -0.2) is 0 Å². The highest BCUT2D eigenvalue weighted by Gasteiger charge is 2.17. The Kier molecular flexibility index (Phi) is 4.27. The quantitative estimate of drug-likeness (QED) is 0.724. The van der Waals surface area contributed by atoms with Crippen molar-refractivity contribution in [3.8, 4) is 17.2 Å². The van der Waals surface area contributed by atoms with Crippen molar-refractivity contribution in [3.63, 3.8) is 0 Å². The molecule has 4 rings (SSSR count). The van der Waals surface area contributed by atoms with Gasteiger partial charge in [0.25, 0.3) is 0 Å². The molecule has 1 aromatic carbocycles. The molecular formula is C21H16N2O2S. The molecule has 0 unspecified atom stereocenters. The van der Waals surface area contributed by atoms with Crippen molar-refractivity contribution < 1.29 is 9.90 Å². The van der Waals surface area contributed by atoms with Gasteiger partial charge in [0.1, 0.15) is 0 Å². The van der Waals surface area contributed by atoms with Crippen LogP contribution >= 0.6 is 11.3 Å². The first-order chi connectivity index (χ1) is 12.7. The maximum absolute atomic E-state index is 10.9. The zero-order valence-electron chi connectivity index (χ0n) is 14.0. The number of benzene rings is 1. The number of aromatic nitrogens is 1. The van der Waals surface area contributed by atoms with Gasteiger partial charge in [-0.05, 0) is 48.1 Å². The lowest BCUT2D eigenvalue weighted by molar-refractivity contribution is -0.136. The number of thiophene rings is 1. The van der Waals surface area contributed by atoms with Crippen molar-refractivity contribution in [2.24, 2.45) is 0 Å². The van der Waals surface area contributed by atoms with Crippen LogP contribution in [0.4, 0.5) is 0 Å². The number of carboxylic acids is 1. The van der Waals surface area contributed by atoms with E-state index in [-0.39, 0.29) is 6.42 Å². The van der Waals surface area contributed by atoms with Crippen molar-refractivity contribution in [2.75, 3.05) is 0 Å². The van der Waals surface area contributed by atoms with E-state index in [1.807, 2.05) is 30.6 Å². The molecule has 0 amide bonds. The number of rotatable bonds is 4. The Labute approximate surface area is 155 Å². The van der Waals surface area contributed by atoms with Crippen LogP contribution < -0.4 is 0 Å². The second-order valence-electron chi connectivity index (χ2n) is 6.32. The summed E-state index contributed by atoms with van der Waals surface area (Å²) >= 11 is 1.63. The van der Waals surface area contributed by atoms with Crippen molar-refractivity contribution in [1.29, 1.82) is 5.26 Å². The van der Waals surface area contributed by atoms with E-state index in [9.17, 15) is 10.1 Å². The minimum Gasteiger partial charge on any atom is -0.481 e. The Morgan fingerprint density at radius 2 is 2.19 bits per heavy atom. The van der Waals surface area contributed by atoms with Gasteiger partial charge in [-0.15, -0.1) is 11.3 Å². The lowest BCUT2D eigenvalue weighted by Crippen LogP contribution is -2.00. The van der Waals surface area contributed by atoms with Crippen LogP contribution in [-0.2, 0) is 17.6 Å². The summed E-state index contributed by atoms with van der Waals surface area (Å²) in [5, 5.41) is 19.4. The van der Waals surface area contributed by atoms with E-state index in [4.69, 9.17) is 5.11 Å². The first-order valence-corrected chi connectivity index (χ1v) is 9.30. The largest absolute Gasteiger partial charge is 0.481 e. The van der Waals surface area contributed by atoms with Crippen LogP contribution in [0.5, 0.6) is 0 Å². The van der Waals surface area contributed by atoms with Crippen molar-refractivity contribution in [3.05, 3.63) is 58.2 Å². The molecule has 0 saturated carbocycles. The van der Waals surface area contributed by atoms with E-state index in [1.165, 1.54) is 0 Å². The van der Waals surface area contributed by atoms with E-state index >= 15 is 0 Å². The molecule has 1 aliphatic rings. The first kappa shape index (κ1) is 16.5. The molecular weight excluding hydrogens is 344 g/mol. The zero-order valence-corrected chi connectivity index (χ0v) is 14.8. The minimum atomic E-state index is -0.785. The fourth-order valence-electron chi connectivity index (χ4n) is 3.45. The normalized spacial score (nSPS) is 12.7. The molecule has 0 atom stereocenters. The summed E-state index contributed by atoms with van der Waals surface area (Å²) in [6.07, 6.45) is 10.4. The number of pyridine rings is 1. The number of nitrogens with zero attached hydrogens (tertiary/aromatic N) is 2. The molecule has 2 aromatic heterocycles. The van der Waals surface area contributed by atoms with Crippen LogP contribution in [0.2, 0.25) is 0 Å². The van der Waals surface area contributed by atoms with Gasteiger partial charge in [0, 0.05) is 32.9 Å². The predicted molar refractivity (Wildman–Crippen MR) is 103 cm³/mol. The maximum Gasteiger partial charge on any atom is 0.303 e. The van der Waals surface area contributed by atoms with Crippen LogP contribution in [0, 0.1) is 11.3 Å². The second kappa shape index (κ2) is 6.74. The van der Waals surface area contributed by atoms with Crippen molar-refractivity contribution >= 4 is 33.5 Å². The van der Waals surface area contributed by atoms with Gasteiger partial charge < -0.3 is 5.11 Å². The number of carboxylic acid groups (broad SMARTS) is 1. The summed E-state index contributed by atoms with van der Waals surface area (Å²) in [6.45, 7) is 0. The maximum atomic E-state index is 10.9. The highest BCUT2D eigenvalue weighted by molar-refractivity contribution is 7.19. The lowest BCUT2D eigenvalue weighted by Gasteiger charge is -2.17. The molecule has 0 aliphatic heterocycles. The van der Waals surface area contributed by atoms with Crippen molar-refractivity contribution in [1.82, 2.24) is 4.98 Å². The van der Waals surface area contributed by atoms with Crippen LogP contribution in [0.15, 0.2) is 36.7 Å². The number of hydrogen-bond acceptors (Lipinski definition) is 4. The Morgan fingerprint density at radius 3 is 3.00 bits per heavy atom. The average Bonchev–Trinajstić information content (AvgIpc) is 3.09. The Bertz CT molecular complexity index is 1090. The van der Waals surface area contributed by atoms with Gasteiger partial charge in [0.05, 0.1) is 18.1 Å². The topological polar surface area (TPSA) is 74.0 Å². The molecule has 0 spiro atoms. The third-order valence-corrected chi connectivity index (χ3v) is 5.92. The number of carbonyl (C=O) groups is 1. The molecule has 5 heteroatoms. The Hall–Kier alpha value is -2.97. The Morgan fingerprint density at radius 1 is 1.31 bits per heavy atom. The van der Waals surface area contributed by atoms with E-state index < -0.39 is 5.97 Å². The highest BCUT2D eigenvalue weighted by Crippen LogP contribution is 2.39. The predicted octanol–water partition coefficient (Wildman–Crippen LogP) is 4.81. The highest BCUT2D eigenvalue weighted by atomic mass is 32.1. The molecule has 1 aliphatic carbocycles. The van der Waals surface area contributed by atoms with E-state index in [0.29, 0.717) is 6.42 Å². The average molecular weight is 360 g/mol. The molecule has 0 fully saturated rings. The fourth-order valence-corrected chi connectivity index (χ4v) is 4.61. The van der Waals surface area contributed by atoms with Gasteiger partial charge >= 0.3 is 5.97 Å². The fraction of sp³-hybridized carbons (Fsp3) is 0.190. The molecule has 4 nitrogen and oxygen atoms in total. The monoisotopic (exact) mass is 360 g/mol. The number of aliphatic carboxylic acids is 1. The third-order valence-electron chi connectivity index (χ3n) is 4.67. The molecule has 2 heterocycles. The summed E-state index contributed by atoms with van der Waals surface area (Å²) in [4.78, 5) is 16.3. The summed E-state index contributed by atoms with van der Waals surface area (Å²) in [5.74, 6) is -0.785. The number of fused-ring (bicyclic) bond motifs is 2. The smallest absolute Gasteiger partial charge is 0.303 e. The number of aryl methyl sites for hydroxylation is 1. The van der Waals surface area contributed by atoms with E-state index in [2.05, 4.69) is 23.2 Å². The third kappa shape index (κ3) is 2.89. The molecule has 0 bridgehead atoms. The van der Waals surface area contributed by atoms with E-state index in [1.54, 1.807) is 11.3 Å². The van der Waals surface area contributed by atoms with Gasteiger partial charge in [-0.1, -0.05) is 18.2 Å². The SMILES string of the molecule is N#Cc1ccc(-c2cncc3cc(CCC(=O)O)sc23)c2c1CCC=C2. The summed E-state index contributed by atoms with van der Waals surface area (Å²) < 4.78 is 1.12. The van der Waals surface area contributed by atoms with Crippen LogP contribution in [0.1, 0.15) is 34.4 Å². The molecule has 128 valence electrons. The molecule has 0 saturated heterocycles. The Balaban J connectivity index is 1.87. The van der Waals surface area contributed by atoms with Crippen LogP contribution in [-0.4, -0.2) is 16.1 Å². The second-order valence-corrected chi connectivity index (χ2v) is 7.45. The first-order valence-electron chi connectivity index (χ1n) is 8.48.